The third kappa shape index (κ3) is 4.34. The largest absolute Gasteiger partial charge is 0.352 e. The molecule has 5 nitrogen and oxygen atoms in total. The Morgan fingerprint density at radius 2 is 1.57 bits per heavy atom. The van der Waals surface area contributed by atoms with Gasteiger partial charge < -0.3 is 9.80 Å². The predicted octanol–water partition coefficient (Wildman–Crippen LogP) is 3.66. The zero-order valence-corrected chi connectivity index (χ0v) is 16.3. The van der Waals surface area contributed by atoms with Crippen molar-refractivity contribution in [2.24, 2.45) is 0 Å². The van der Waals surface area contributed by atoms with Gasteiger partial charge in [0.25, 0.3) is 0 Å². The number of nitrogens with zero attached hydrogens (tertiary/aromatic N) is 4. The van der Waals surface area contributed by atoms with Crippen LogP contribution in [0, 0.1) is 0 Å². The zero-order valence-electron chi connectivity index (χ0n) is 15.5. The summed E-state index contributed by atoms with van der Waals surface area (Å²) in [4.78, 5) is 27.2. The third-order valence-corrected chi connectivity index (χ3v) is 6.04. The summed E-state index contributed by atoms with van der Waals surface area (Å²) in [5.41, 5.74) is 1.04. The monoisotopic (exact) mass is 390 g/mol. The molecule has 0 unspecified atom stereocenters. The summed E-state index contributed by atoms with van der Waals surface area (Å²) < 4.78 is 0. The van der Waals surface area contributed by atoms with E-state index in [4.69, 9.17) is 0 Å². The minimum Gasteiger partial charge on any atom is -0.352 e. The number of anilines is 1. The Morgan fingerprint density at radius 1 is 0.893 bits per heavy atom. The number of hydrogen-bond donors (Lipinski definition) is 0. The van der Waals surface area contributed by atoms with Gasteiger partial charge in [0, 0.05) is 43.5 Å². The number of carbonyl (C=O) groups is 1. The lowest BCUT2D eigenvalue weighted by molar-refractivity contribution is -0.131. The van der Waals surface area contributed by atoms with Crippen LogP contribution in [0.4, 0.5) is 5.82 Å². The maximum absolute atomic E-state index is 13.4. The fourth-order valence-electron chi connectivity index (χ4n) is 3.30. The molecule has 2 heterocycles. The molecule has 0 aliphatic carbocycles. The number of aromatic nitrogens is 2. The van der Waals surface area contributed by atoms with Crippen molar-refractivity contribution in [1.82, 2.24) is 14.9 Å². The van der Waals surface area contributed by atoms with E-state index >= 15 is 0 Å². The van der Waals surface area contributed by atoms with E-state index in [2.05, 4.69) is 27.0 Å². The van der Waals surface area contributed by atoms with Crippen LogP contribution in [-0.2, 0) is 4.79 Å². The minimum atomic E-state index is -0.244. The third-order valence-electron chi connectivity index (χ3n) is 4.79. The zero-order chi connectivity index (χ0) is 19.2. The SMILES string of the molecule is O=C([C@@H](Sc1ccccc1)c1ccccc1)N1CCN(c2cnccn2)CC1. The summed E-state index contributed by atoms with van der Waals surface area (Å²) in [6, 6.07) is 20.2. The maximum atomic E-state index is 13.4. The first kappa shape index (κ1) is 18.5. The number of rotatable bonds is 5. The molecular weight excluding hydrogens is 368 g/mol. The van der Waals surface area contributed by atoms with Crippen molar-refractivity contribution >= 4 is 23.5 Å². The van der Waals surface area contributed by atoms with E-state index in [-0.39, 0.29) is 11.2 Å². The quantitative estimate of drug-likeness (QED) is 0.622. The van der Waals surface area contributed by atoms with Crippen LogP contribution in [0.2, 0.25) is 0 Å². The van der Waals surface area contributed by atoms with E-state index < -0.39 is 0 Å². The van der Waals surface area contributed by atoms with Gasteiger partial charge in [0.1, 0.15) is 11.1 Å². The molecule has 0 spiro atoms. The van der Waals surface area contributed by atoms with E-state index in [1.807, 2.05) is 53.4 Å². The van der Waals surface area contributed by atoms with E-state index in [0.29, 0.717) is 13.1 Å². The molecular formula is C22H22N4OS. The van der Waals surface area contributed by atoms with Gasteiger partial charge in [0.15, 0.2) is 0 Å². The fourth-order valence-corrected chi connectivity index (χ4v) is 4.43. The highest BCUT2D eigenvalue weighted by Crippen LogP contribution is 2.36. The second kappa shape index (κ2) is 8.89. The Bertz CT molecular complexity index is 884. The summed E-state index contributed by atoms with van der Waals surface area (Å²) in [5, 5.41) is -0.244. The van der Waals surface area contributed by atoms with Gasteiger partial charge in [-0.25, -0.2) is 4.98 Å². The molecule has 1 aromatic heterocycles. The van der Waals surface area contributed by atoms with Crippen LogP contribution in [0.3, 0.4) is 0 Å². The van der Waals surface area contributed by atoms with Gasteiger partial charge >= 0.3 is 0 Å². The van der Waals surface area contributed by atoms with Crippen molar-refractivity contribution in [1.29, 1.82) is 0 Å². The van der Waals surface area contributed by atoms with Gasteiger partial charge in [-0.15, -0.1) is 11.8 Å². The first-order valence-electron chi connectivity index (χ1n) is 9.38. The van der Waals surface area contributed by atoms with Gasteiger partial charge in [-0.1, -0.05) is 48.5 Å². The summed E-state index contributed by atoms with van der Waals surface area (Å²) in [5.74, 6) is 1.03. The molecule has 6 heteroatoms. The molecule has 0 bridgehead atoms. The normalized spacial score (nSPS) is 15.3. The van der Waals surface area contributed by atoms with Crippen LogP contribution in [0.25, 0.3) is 0 Å². The molecule has 142 valence electrons. The van der Waals surface area contributed by atoms with Gasteiger partial charge in [-0.05, 0) is 17.7 Å². The number of piperazine rings is 1. The van der Waals surface area contributed by atoms with E-state index in [9.17, 15) is 4.79 Å². The average molecular weight is 391 g/mol. The smallest absolute Gasteiger partial charge is 0.240 e. The molecule has 0 saturated carbocycles. The predicted molar refractivity (Wildman–Crippen MR) is 112 cm³/mol. The Kier molecular flexibility index (Phi) is 5.87. The van der Waals surface area contributed by atoms with Crippen molar-refractivity contribution in [3.63, 3.8) is 0 Å². The van der Waals surface area contributed by atoms with Crippen LogP contribution in [0.15, 0.2) is 84.1 Å². The fraction of sp³-hybridized carbons (Fsp3) is 0.227. The maximum Gasteiger partial charge on any atom is 0.240 e. The van der Waals surface area contributed by atoms with Crippen LogP contribution >= 0.6 is 11.8 Å². The van der Waals surface area contributed by atoms with Crippen LogP contribution in [0.5, 0.6) is 0 Å². The minimum absolute atomic E-state index is 0.166. The Labute approximate surface area is 169 Å². The molecule has 4 rings (SSSR count). The molecule has 1 saturated heterocycles. The number of benzene rings is 2. The second-order valence-corrected chi connectivity index (χ2v) is 7.78. The average Bonchev–Trinajstić information content (AvgIpc) is 2.79. The first-order valence-corrected chi connectivity index (χ1v) is 10.3. The summed E-state index contributed by atoms with van der Waals surface area (Å²) in [6.45, 7) is 2.91. The molecule has 0 radical (unpaired) electrons. The molecule has 0 N–H and O–H groups in total. The molecule has 1 aliphatic heterocycles. The lowest BCUT2D eigenvalue weighted by Gasteiger charge is -2.36. The molecule has 1 fully saturated rings. The Balaban J connectivity index is 1.48. The molecule has 1 amide bonds. The van der Waals surface area contributed by atoms with Gasteiger partial charge in [-0.3, -0.25) is 9.78 Å². The highest BCUT2D eigenvalue weighted by Gasteiger charge is 2.29. The topological polar surface area (TPSA) is 49.3 Å². The van der Waals surface area contributed by atoms with Gasteiger partial charge in [-0.2, -0.15) is 0 Å². The molecule has 28 heavy (non-hydrogen) atoms. The second-order valence-electron chi connectivity index (χ2n) is 6.60. The van der Waals surface area contributed by atoms with Gasteiger partial charge in [0.05, 0.1) is 6.20 Å². The van der Waals surface area contributed by atoms with Crippen LogP contribution in [-0.4, -0.2) is 47.0 Å². The molecule has 1 atom stereocenters. The Morgan fingerprint density at radius 3 is 2.21 bits per heavy atom. The van der Waals surface area contributed by atoms with E-state index in [1.54, 1.807) is 30.4 Å². The van der Waals surface area contributed by atoms with E-state index in [0.717, 1.165) is 29.4 Å². The van der Waals surface area contributed by atoms with Crippen molar-refractivity contribution in [2.45, 2.75) is 10.1 Å². The number of amides is 1. The highest BCUT2D eigenvalue weighted by molar-refractivity contribution is 8.00. The molecule has 3 aromatic rings. The standard InChI is InChI=1S/C22H22N4OS/c27-22(26-15-13-25(14-16-26)20-17-23-11-12-24-20)21(18-7-3-1-4-8-18)28-19-9-5-2-6-10-19/h1-12,17,21H,13-16H2/t21-/m0/s1. The van der Waals surface area contributed by atoms with Crippen molar-refractivity contribution in [3.8, 4) is 0 Å². The van der Waals surface area contributed by atoms with Crippen molar-refractivity contribution in [3.05, 3.63) is 84.8 Å². The Hall–Kier alpha value is -2.86. The first-order chi connectivity index (χ1) is 13.8. The summed E-state index contributed by atoms with van der Waals surface area (Å²) in [7, 11) is 0. The lowest BCUT2D eigenvalue weighted by Crippen LogP contribution is -2.50. The van der Waals surface area contributed by atoms with Gasteiger partial charge in [0.2, 0.25) is 5.91 Å². The lowest BCUT2D eigenvalue weighted by atomic mass is 10.1. The number of hydrogen-bond acceptors (Lipinski definition) is 5. The number of thioether (sulfide) groups is 1. The van der Waals surface area contributed by atoms with E-state index in [1.165, 1.54) is 0 Å². The molecule has 1 aliphatic rings. The van der Waals surface area contributed by atoms with Crippen molar-refractivity contribution < 1.29 is 4.79 Å². The van der Waals surface area contributed by atoms with Crippen molar-refractivity contribution in [2.75, 3.05) is 31.1 Å². The summed E-state index contributed by atoms with van der Waals surface area (Å²) in [6.07, 6.45) is 5.15. The summed E-state index contributed by atoms with van der Waals surface area (Å²) >= 11 is 1.61. The van der Waals surface area contributed by atoms with Crippen LogP contribution in [0.1, 0.15) is 10.8 Å². The highest BCUT2D eigenvalue weighted by atomic mass is 32.2. The number of carbonyl (C=O) groups excluding carboxylic acids is 1. The van der Waals surface area contributed by atoms with Crippen LogP contribution < -0.4 is 4.90 Å². The molecule has 2 aromatic carbocycles.